The van der Waals surface area contributed by atoms with Gasteiger partial charge in [-0.25, -0.2) is 4.99 Å². The molecule has 1 unspecified atom stereocenters. The van der Waals surface area contributed by atoms with E-state index in [-0.39, 0.29) is 29.5 Å². The van der Waals surface area contributed by atoms with E-state index in [1.807, 2.05) is 24.3 Å². The van der Waals surface area contributed by atoms with Crippen LogP contribution in [0.5, 0.6) is 0 Å². The number of nitrogens with one attached hydrogen (secondary N) is 2. The number of morpholine rings is 1. The Morgan fingerprint density at radius 2 is 2.00 bits per heavy atom. The van der Waals surface area contributed by atoms with Gasteiger partial charge in [0.15, 0.2) is 5.96 Å². The number of thioether (sulfide) groups is 1. The fourth-order valence-electron chi connectivity index (χ4n) is 3.48. The molecule has 0 saturated carbocycles. The largest absolute Gasteiger partial charge is 0.379 e. The van der Waals surface area contributed by atoms with Gasteiger partial charge < -0.3 is 15.4 Å². The van der Waals surface area contributed by atoms with Crippen LogP contribution in [0.2, 0.25) is 5.02 Å². The molecule has 8 heteroatoms. The maximum Gasteiger partial charge on any atom is 0.191 e. The van der Waals surface area contributed by atoms with E-state index in [0.717, 1.165) is 55.9 Å². The number of ether oxygens (including phenoxy) is 1. The summed E-state index contributed by atoms with van der Waals surface area (Å²) in [6.45, 7) is 8.27. The molecule has 1 aromatic carbocycles. The third-order valence-electron chi connectivity index (χ3n) is 5.03. The molecular formula is C19H30ClIN4OS. The van der Waals surface area contributed by atoms with Gasteiger partial charge in [-0.1, -0.05) is 23.7 Å². The van der Waals surface area contributed by atoms with Crippen molar-refractivity contribution in [1.29, 1.82) is 0 Å². The lowest BCUT2D eigenvalue weighted by atomic mass is 9.95. The lowest BCUT2D eigenvalue weighted by Gasteiger charge is -2.43. The molecule has 2 fully saturated rings. The molecule has 2 heterocycles. The van der Waals surface area contributed by atoms with Crippen molar-refractivity contribution in [3.05, 3.63) is 34.9 Å². The van der Waals surface area contributed by atoms with Crippen molar-refractivity contribution in [2.75, 3.05) is 50.9 Å². The van der Waals surface area contributed by atoms with Crippen molar-refractivity contribution in [2.24, 2.45) is 4.99 Å². The van der Waals surface area contributed by atoms with E-state index in [0.29, 0.717) is 6.54 Å². The molecular weight excluding hydrogens is 495 g/mol. The van der Waals surface area contributed by atoms with Crippen molar-refractivity contribution < 1.29 is 4.74 Å². The highest BCUT2D eigenvalue weighted by Gasteiger charge is 2.40. The summed E-state index contributed by atoms with van der Waals surface area (Å²) in [5.41, 5.74) is 1.37. The minimum atomic E-state index is 0. The Labute approximate surface area is 189 Å². The van der Waals surface area contributed by atoms with Crippen LogP contribution in [0.25, 0.3) is 0 Å². The van der Waals surface area contributed by atoms with Crippen LogP contribution in [0.15, 0.2) is 29.3 Å². The van der Waals surface area contributed by atoms with E-state index >= 15 is 0 Å². The van der Waals surface area contributed by atoms with Crippen LogP contribution in [0.1, 0.15) is 18.9 Å². The van der Waals surface area contributed by atoms with Gasteiger partial charge in [0.2, 0.25) is 0 Å². The molecule has 152 valence electrons. The summed E-state index contributed by atoms with van der Waals surface area (Å²) in [6.07, 6.45) is 1.22. The molecule has 27 heavy (non-hydrogen) atoms. The molecule has 2 aliphatic rings. The quantitative estimate of drug-likeness (QED) is 0.340. The molecule has 0 amide bonds. The van der Waals surface area contributed by atoms with Gasteiger partial charge in [-0.2, -0.15) is 11.8 Å². The first-order valence-electron chi connectivity index (χ1n) is 9.39. The molecule has 3 rings (SSSR count). The zero-order valence-electron chi connectivity index (χ0n) is 15.9. The third-order valence-corrected chi connectivity index (χ3v) is 6.51. The predicted molar refractivity (Wildman–Crippen MR) is 127 cm³/mol. The summed E-state index contributed by atoms with van der Waals surface area (Å²) < 4.78 is 5.55. The summed E-state index contributed by atoms with van der Waals surface area (Å²) in [6, 6.07) is 7.88. The van der Waals surface area contributed by atoms with Crippen molar-refractivity contribution >= 4 is 53.3 Å². The van der Waals surface area contributed by atoms with E-state index in [1.54, 1.807) is 0 Å². The van der Waals surface area contributed by atoms with Gasteiger partial charge in [-0.3, -0.25) is 4.90 Å². The maximum absolute atomic E-state index is 5.96. The number of hydrogen-bond acceptors (Lipinski definition) is 4. The average Bonchev–Trinajstić information content (AvgIpc) is 3.16. The number of guanidine groups is 1. The minimum Gasteiger partial charge on any atom is -0.379 e. The third kappa shape index (κ3) is 6.66. The van der Waals surface area contributed by atoms with Crippen LogP contribution in [0.4, 0.5) is 0 Å². The molecule has 0 aromatic heterocycles. The smallest absolute Gasteiger partial charge is 0.191 e. The molecule has 0 spiro atoms. The molecule has 0 bridgehead atoms. The molecule has 5 nitrogen and oxygen atoms in total. The van der Waals surface area contributed by atoms with E-state index in [9.17, 15) is 0 Å². The molecule has 2 aliphatic heterocycles. The average molecular weight is 525 g/mol. The Bertz CT molecular complexity index is 590. The second-order valence-electron chi connectivity index (χ2n) is 6.80. The van der Waals surface area contributed by atoms with Gasteiger partial charge in [-0.05, 0) is 36.8 Å². The van der Waals surface area contributed by atoms with Crippen LogP contribution >= 0.6 is 47.3 Å². The summed E-state index contributed by atoms with van der Waals surface area (Å²) in [5, 5.41) is 7.73. The first-order valence-corrected chi connectivity index (χ1v) is 10.9. The lowest BCUT2D eigenvalue weighted by molar-refractivity contribution is -0.0120. The first kappa shape index (κ1) is 23.1. The first-order chi connectivity index (χ1) is 12.7. The Morgan fingerprint density at radius 1 is 1.26 bits per heavy atom. The SMILES string of the molecule is CCNC(=NCc1ccc(Cl)cc1)NCC1(N2CCOCC2)CCSC1.I. The van der Waals surface area contributed by atoms with E-state index in [1.165, 1.54) is 17.9 Å². The number of hydrogen-bond donors (Lipinski definition) is 2. The van der Waals surface area contributed by atoms with Crippen molar-refractivity contribution in [2.45, 2.75) is 25.4 Å². The van der Waals surface area contributed by atoms with Gasteiger partial charge >= 0.3 is 0 Å². The fraction of sp³-hybridized carbons (Fsp3) is 0.632. The second-order valence-corrected chi connectivity index (χ2v) is 8.34. The standard InChI is InChI=1S/C19H29ClN4OS.HI/c1-2-21-18(22-13-16-3-5-17(20)6-4-16)23-14-19(7-12-26-15-19)24-8-10-25-11-9-24;/h3-6H,2,7-15H2,1H3,(H2,21,22,23);1H. The highest BCUT2D eigenvalue weighted by atomic mass is 127. The molecule has 0 radical (unpaired) electrons. The van der Waals surface area contributed by atoms with Gasteiger partial charge in [0, 0.05) is 42.5 Å². The van der Waals surface area contributed by atoms with Gasteiger partial charge in [-0.15, -0.1) is 24.0 Å². The molecule has 1 aromatic rings. The summed E-state index contributed by atoms with van der Waals surface area (Å²) in [4.78, 5) is 7.37. The number of rotatable bonds is 6. The monoisotopic (exact) mass is 524 g/mol. The Balaban J connectivity index is 0.00000261. The van der Waals surface area contributed by atoms with Crippen molar-refractivity contribution in [3.63, 3.8) is 0 Å². The number of benzene rings is 1. The lowest BCUT2D eigenvalue weighted by Crippen LogP contribution is -2.60. The number of halogens is 2. The van der Waals surface area contributed by atoms with Crippen LogP contribution in [0.3, 0.4) is 0 Å². The summed E-state index contributed by atoms with van der Waals surface area (Å²) in [5.74, 6) is 3.29. The molecule has 2 saturated heterocycles. The van der Waals surface area contributed by atoms with Gasteiger partial charge in [0.05, 0.1) is 19.8 Å². The zero-order chi connectivity index (χ0) is 18.2. The van der Waals surface area contributed by atoms with Crippen molar-refractivity contribution in [1.82, 2.24) is 15.5 Å². The van der Waals surface area contributed by atoms with Crippen LogP contribution in [-0.2, 0) is 11.3 Å². The van der Waals surface area contributed by atoms with E-state index < -0.39 is 0 Å². The Hall–Kier alpha value is -0.220. The van der Waals surface area contributed by atoms with Crippen LogP contribution < -0.4 is 10.6 Å². The highest BCUT2D eigenvalue weighted by molar-refractivity contribution is 14.0. The van der Waals surface area contributed by atoms with Crippen LogP contribution in [0, 0.1) is 0 Å². The topological polar surface area (TPSA) is 48.9 Å². The predicted octanol–water partition coefficient (Wildman–Crippen LogP) is 3.22. The second kappa shape index (κ2) is 11.7. The van der Waals surface area contributed by atoms with E-state index in [2.05, 4.69) is 34.2 Å². The van der Waals surface area contributed by atoms with Gasteiger partial charge in [0.1, 0.15) is 0 Å². The normalized spacial score (nSPS) is 23.7. The summed E-state index contributed by atoms with van der Waals surface area (Å²) in [7, 11) is 0. The van der Waals surface area contributed by atoms with Crippen molar-refractivity contribution in [3.8, 4) is 0 Å². The van der Waals surface area contributed by atoms with Gasteiger partial charge in [0.25, 0.3) is 0 Å². The maximum atomic E-state index is 5.96. The van der Waals surface area contributed by atoms with E-state index in [4.69, 9.17) is 21.3 Å². The summed E-state index contributed by atoms with van der Waals surface area (Å²) >= 11 is 8.02. The Morgan fingerprint density at radius 3 is 2.63 bits per heavy atom. The molecule has 2 N–H and O–H groups in total. The number of aliphatic imine (C=N–C) groups is 1. The Kier molecular flexibility index (Phi) is 10.00. The fourth-order valence-corrected chi connectivity index (χ4v) is 5.09. The highest BCUT2D eigenvalue weighted by Crippen LogP contribution is 2.33. The zero-order valence-corrected chi connectivity index (χ0v) is 19.8. The minimum absolute atomic E-state index is 0. The molecule has 0 aliphatic carbocycles. The molecule has 1 atom stereocenters. The van der Waals surface area contributed by atoms with Crippen LogP contribution in [-0.4, -0.2) is 67.3 Å². The number of nitrogens with zero attached hydrogens (tertiary/aromatic N) is 2.